The van der Waals surface area contributed by atoms with E-state index in [4.69, 9.17) is 0 Å². The Kier molecular flexibility index (Phi) is 4.26. The van der Waals surface area contributed by atoms with E-state index < -0.39 is 0 Å². The van der Waals surface area contributed by atoms with E-state index in [0.717, 1.165) is 55.3 Å². The predicted octanol–water partition coefficient (Wildman–Crippen LogP) is 2.92. The number of hydrogen-bond donors (Lipinski definition) is 3. The van der Waals surface area contributed by atoms with E-state index in [0.29, 0.717) is 11.6 Å². The van der Waals surface area contributed by atoms with Crippen LogP contribution < -0.4 is 16.2 Å². The van der Waals surface area contributed by atoms with Crippen molar-refractivity contribution in [3.63, 3.8) is 0 Å². The molecule has 6 heteroatoms. The minimum absolute atomic E-state index is 0.0419. The van der Waals surface area contributed by atoms with Crippen LogP contribution in [-0.2, 0) is 12.8 Å². The van der Waals surface area contributed by atoms with Crippen LogP contribution in [-0.4, -0.2) is 16.0 Å². The van der Waals surface area contributed by atoms with Crippen LogP contribution in [0.15, 0.2) is 35.4 Å². The zero-order chi connectivity index (χ0) is 17.2. The second-order valence-electron chi connectivity index (χ2n) is 6.92. The van der Waals surface area contributed by atoms with Crippen LogP contribution in [0, 0.1) is 5.92 Å². The zero-order valence-electron chi connectivity index (χ0n) is 14.0. The third-order valence-electron chi connectivity index (χ3n) is 5.03. The first-order valence-corrected chi connectivity index (χ1v) is 8.93. The second-order valence-corrected chi connectivity index (χ2v) is 6.92. The first-order chi connectivity index (χ1) is 12.2. The monoisotopic (exact) mass is 338 g/mol. The van der Waals surface area contributed by atoms with Gasteiger partial charge in [0.1, 0.15) is 5.69 Å². The van der Waals surface area contributed by atoms with Gasteiger partial charge in [-0.3, -0.25) is 9.78 Å². The molecule has 0 radical (unpaired) electrons. The van der Waals surface area contributed by atoms with Crippen LogP contribution in [0.1, 0.15) is 48.5 Å². The van der Waals surface area contributed by atoms with Crippen molar-refractivity contribution in [1.82, 2.24) is 15.3 Å². The molecule has 25 heavy (non-hydrogen) atoms. The Bertz CT molecular complexity index is 827. The van der Waals surface area contributed by atoms with Gasteiger partial charge in [-0.15, -0.1) is 0 Å². The SMILES string of the molecule is O=C(Nc1cc2c([nH]c1=O)CCCC2)NC(c1ccncc1)C1CC1. The summed E-state index contributed by atoms with van der Waals surface area (Å²) in [6.07, 6.45) is 9.75. The average molecular weight is 338 g/mol. The van der Waals surface area contributed by atoms with E-state index >= 15 is 0 Å². The molecule has 3 N–H and O–H groups in total. The molecule has 0 spiro atoms. The molecule has 2 aromatic heterocycles. The molecule has 1 saturated carbocycles. The summed E-state index contributed by atoms with van der Waals surface area (Å²) < 4.78 is 0. The van der Waals surface area contributed by atoms with E-state index in [2.05, 4.69) is 20.6 Å². The Morgan fingerprint density at radius 2 is 1.96 bits per heavy atom. The molecule has 1 fully saturated rings. The first kappa shape index (κ1) is 15.9. The molecule has 0 aliphatic heterocycles. The molecular weight excluding hydrogens is 316 g/mol. The van der Waals surface area contributed by atoms with Crippen molar-refractivity contribution in [2.45, 2.75) is 44.6 Å². The molecule has 2 heterocycles. The molecule has 2 aliphatic carbocycles. The predicted molar refractivity (Wildman–Crippen MR) is 95.6 cm³/mol. The maximum Gasteiger partial charge on any atom is 0.319 e. The number of fused-ring (bicyclic) bond motifs is 1. The van der Waals surface area contributed by atoms with Crippen molar-refractivity contribution < 1.29 is 4.79 Å². The van der Waals surface area contributed by atoms with Crippen molar-refractivity contribution in [3.8, 4) is 0 Å². The summed E-state index contributed by atoms with van der Waals surface area (Å²) in [6, 6.07) is 5.30. The Labute approximate surface area is 146 Å². The summed E-state index contributed by atoms with van der Waals surface area (Å²) in [5.74, 6) is 0.454. The van der Waals surface area contributed by atoms with Gasteiger partial charge in [0.2, 0.25) is 0 Å². The number of anilines is 1. The standard InChI is InChI=1S/C19H22N4O2/c24-18-16(11-14-3-1-2-4-15(14)21-18)22-19(25)23-17(12-5-6-12)13-7-9-20-10-8-13/h7-12,17H,1-6H2,(H,21,24)(H2,22,23,25). The summed E-state index contributed by atoms with van der Waals surface area (Å²) >= 11 is 0. The van der Waals surface area contributed by atoms with Crippen LogP contribution in [0.5, 0.6) is 0 Å². The normalized spacial score (nSPS) is 17.4. The van der Waals surface area contributed by atoms with Gasteiger partial charge in [0.15, 0.2) is 0 Å². The number of carbonyl (C=O) groups excluding carboxylic acids is 1. The fraction of sp³-hybridized carbons (Fsp3) is 0.421. The Morgan fingerprint density at radius 3 is 2.72 bits per heavy atom. The van der Waals surface area contributed by atoms with Gasteiger partial charge in [0.05, 0.1) is 6.04 Å². The van der Waals surface area contributed by atoms with Crippen LogP contribution in [0.2, 0.25) is 0 Å². The maximum atomic E-state index is 12.5. The second kappa shape index (κ2) is 6.70. The zero-order valence-corrected chi connectivity index (χ0v) is 14.0. The topological polar surface area (TPSA) is 86.9 Å². The lowest BCUT2D eigenvalue weighted by atomic mass is 9.96. The molecular formula is C19H22N4O2. The van der Waals surface area contributed by atoms with Crippen molar-refractivity contribution in [3.05, 3.63) is 57.8 Å². The molecule has 130 valence electrons. The Morgan fingerprint density at radius 1 is 1.20 bits per heavy atom. The number of rotatable bonds is 4. The average Bonchev–Trinajstić information content (AvgIpc) is 3.46. The van der Waals surface area contributed by atoms with Gasteiger partial charge < -0.3 is 15.6 Å². The number of nitrogens with zero attached hydrogens (tertiary/aromatic N) is 1. The highest BCUT2D eigenvalue weighted by atomic mass is 16.2. The first-order valence-electron chi connectivity index (χ1n) is 8.93. The highest BCUT2D eigenvalue weighted by Crippen LogP contribution is 2.40. The van der Waals surface area contributed by atoms with Gasteiger partial charge in [-0.2, -0.15) is 0 Å². The molecule has 2 aliphatic rings. The number of aryl methyl sites for hydroxylation is 2. The lowest BCUT2D eigenvalue weighted by molar-refractivity contribution is 0.247. The number of H-pyrrole nitrogens is 1. The number of amides is 2. The van der Waals surface area contributed by atoms with E-state index in [1.807, 2.05) is 18.2 Å². The largest absolute Gasteiger partial charge is 0.331 e. The highest BCUT2D eigenvalue weighted by Gasteiger charge is 2.33. The number of hydrogen-bond acceptors (Lipinski definition) is 3. The lowest BCUT2D eigenvalue weighted by Gasteiger charge is -2.20. The lowest BCUT2D eigenvalue weighted by Crippen LogP contribution is -2.35. The molecule has 1 atom stereocenters. The van der Waals surface area contributed by atoms with Crippen molar-refractivity contribution in [2.24, 2.45) is 5.92 Å². The van der Waals surface area contributed by atoms with Crippen LogP contribution in [0.4, 0.5) is 10.5 Å². The third kappa shape index (κ3) is 3.57. The molecule has 0 aromatic carbocycles. The van der Waals surface area contributed by atoms with E-state index in [-0.39, 0.29) is 17.6 Å². The van der Waals surface area contributed by atoms with Crippen molar-refractivity contribution in [2.75, 3.05) is 5.32 Å². The van der Waals surface area contributed by atoms with Gasteiger partial charge in [0, 0.05) is 18.1 Å². The molecule has 1 unspecified atom stereocenters. The molecule has 0 saturated heterocycles. The van der Waals surface area contributed by atoms with Gasteiger partial charge in [-0.25, -0.2) is 4.79 Å². The van der Waals surface area contributed by atoms with E-state index in [9.17, 15) is 9.59 Å². The number of carbonyl (C=O) groups is 1. The van der Waals surface area contributed by atoms with Gasteiger partial charge in [-0.1, -0.05) is 0 Å². The summed E-state index contributed by atoms with van der Waals surface area (Å²) in [7, 11) is 0. The molecule has 2 aromatic rings. The number of aromatic nitrogens is 2. The molecule has 4 rings (SSSR count). The van der Waals surface area contributed by atoms with Gasteiger partial charge in [-0.05, 0) is 73.8 Å². The number of aromatic amines is 1. The Balaban J connectivity index is 1.49. The highest BCUT2D eigenvalue weighted by molar-refractivity contribution is 5.89. The Hall–Kier alpha value is -2.63. The summed E-state index contributed by atoms with van der Waals surface area (Å²) in [4.78, 5) is 31.6. The third-order valence-corrected chi connectivity index (χ3v) is 5.03. The van der Waals surface area contributed by atoms with Crippen molar-refractivity contribution in [1.29, 1.82) is 0 Å². The fourth-order valence-corrected chi connectivity index (χ4v) is 3.54. The molecule has 2 amide bonds. The van der Waals surface area contributed by atoms with Crippen molar-refractivity contribution >= 4 is 11.7 Å². The van der Waals surface area contributed by atoms with Crippen LogP contribution in [0.3, 0.4) is 0 Å². The number of nitrogens with one attached hydrogen (secondary N) is 3. The maximum absolute atomic E-state index is 12.5. The summed E-state index contributed by atoms with van der Waals surface area (Å²) in [6.45, 7) is 0. The fourth-order valence-electron chi connectivity index (χ4n) is 3.54. The van der Waals surface area contributed by atoms with E-state index in [1.54, 1.807) is 12.4 Å². The van der Waals surface area contributed by atoms with Gasteiger partial charge in [0.25, 0.3) is 5.56 Å². The summed E-state index contributed by atoms with van der Waals surface area (Å²) in [5, 5.41) is 5.75. The molecule has 0 bridgehead atoms. The number of urea groups is 1. The summed E-state index contributed by atoms with van der Waals surface area (Å²) in [5.41, 5.74) is 3.28. The number of pyridine rings is 2. The smallest absolute Gasteiger partial charge is 0.319 e. The van der Waals surface area contributed by atoms with Crippen LogP contribution >= 0.6 is 0 Å². The molecule has 6 nitrogen and oxygen atoms in total. The minimum Gasteiger partial charge on any atom is -0.331 e. The van der Waals surface area contributed by atoms with Crippen LogP contribution in [0.25, 0.3) is 0 Å². The quantitative estimate of drug-likeness (QED) is 0.801. The van der Waals surface area contributed by atoms with E-state index in [1.165, 1.54) is 0 Å². The minimum atomic E-state index is -0.338. The van der Waals surface area contributed by atoms with Gasteiger partial charge >= 0.3 is 6.03 Å².